The molecule has 0 heterocycles. The van der Waals surface area contributed by atoms with E-state index in [-0.39, 0.29) is 17.9 Å². The third kappa shape index (κ3) is 4.67. The van der Waals surface area contributed by atoms with Crippen molar-refractivity contribution >= 4 is 16.0 Å². The van der Waals surface area contributed by atoms with Crippen LogP contribution < -0.4 is 4.72 Å². The summed E-state index contributed by atoms with van der Waals surface area (Å²) in [6.45, 7) is 5.64. The van der Waals surface area contributed by atoms with Gasteiger partial charge in [0.1, 0.15) is 0 Å². The lowest BCUT2D eigenvalue weighted by Gasteiger charge is -2.18. The summed E-state index contributed by atoms with van der Waals surface area (Å²) in [5.41, 5.74) is 3.48. The molecular weight excluding hydrogens is 338 g/mol. The highest BCUT2D eigenvalue weighted by molar-refractivity contribution is 7.89. The Morgan fingerprint density at radius 1 is 1.04 bits per heavy atom. The number of aryl methyl sites for hydroxylation is 1. The Morgan fingerprint density at radius 2 is 1.68 bits per heavy atom. The number of carbonyl (C=O) groups is 1. The first kappa shape index (κ1) is 19.1. The molecule has 2 rings (SSSR count). The molecule has 25 heavy (non-hydrogen) atoms. The zero-order valence-corrected chi connectivity index (χ0v) is 15.4. The number of carboxylic acid groups (broad SMARTS) is 1. The van der Waals surface area contributed by atoms with Crippen LogP contribution in [0.3, 0.4) is 0 Å². The molecule has 2 aromatic carbocycles. The summed E-state index contributed by atoms with van der Waals surface area (Å²) in [4.78, 5) is 11.4. The number of sulfonamides is 1. The van der Waals surface area contributed by atoms with Crippen LogP contribution in [0.4, 0.5) is 0 Å². The van der Waals surface area contributed by atoms with E-state index in [2.05, 4.69) is 4.72 Å². The average molecular weight is 361 g/mol. The first-order chi connectivity index (χ1) is 11.7. The van der Waals surface area contributed by atoms with E-state index in [0.717, 1.165) is 16.7 Å². The van der Waals surface area contributed by atoms with E-state index in [4.69, 9.17) is 5.11 Å². The van der Waals surface area contributed by atoms with Gasteiger partial charge in [-0.1, -0.05) is 36.4 Å². The maximum Gasteiger partial charge on any atom is 0.304 e. The molecule has 0 fully saturated rings. The summed E-state index contributed by atoms with van der Waals surface area (Å²) in [6.07, 6.45) is -0.140. The maximum absolute atomic E-state index is 12.7. The summed E-state index contributed by atoms with van der Waals surface area (Å²) in [6, 6.07) is 12.5. The van der Waals surface area contributed by atoms with E-state index >= 15 is 0 Å². The number of carboxylic acids is 1. The predicted molar refractivity (Wildman–Crippen MR) is 97.3 cm³/mol. The van der Waals surface area contributed by atoms with Gasteiger partial charge in [-0.05, 0) is 49.1 Å². The van der Waals surface area contributed by atoms with Crippen molar-refractivity contribution in [3.8, 4) is 0 Å². The first-order valence-corrected chi connectivity index (χ1v) is 9.54. The number of rotatable bonds is 7. The standard InChI is InChI=1S/C19H23NO4S/c1-13-9-10-18(15(3)14(13)2)25(23,24)20-12-17(11-19(21)22)16-7-5-4-6-8-16/h4-10,17,20H,11-12H2,1-3H3,(H,21,22). The summed E-state index contributed by atoms with van der Waals surface area (Å²) in [5, 5.41) is 9.13. The molecule has 5 nitrogen and oxygen atoms in total. The molecule has 0 aliphatic heterocycles. The molecule has 2 aromatic rings. The fraction of sp³-hybridized carbons (Fsp3) is 0.316. The van der Waals surface area contributed by atoms with Crippen molar-refractivity contribution in [1.29, 1.82) is 0 Å². The van der Waals surface area contributed by atoms with Gasteiger partial charge < -0.3 is 5.11 Å². The van der Waals surface area contributed by atoms with Crippen LogP contribution in [0.15, 0.2) is 47.4 Å². The van der Waals surface area contributed by atoms with Crippen LogP contribution in [0, 0.1) is 20.8 Å². The van der Waals surface area contributed by atoms with Crippen molar-refractivity contribution in [3.05, 3.63) is 64.7 Å². The molecule has 2 N–H and O–H groups in total. The Morgan fingerprint density at radius 3 is 2.28 bits per heavy atom. The largest absolute Gasteiger partial charge is 0.481 e. The normalized spacial score (nSPS) is 12.8. The van der Waals surface area contributed by atoms with Gasteiger partial charge in [-0.3, -0.25) is 4.79 Å². The van der Waals surface area contributed by atoms with Crippen LogP contribution in [-0.4, -0.2) is 26.0 Å². The van der Waals surface area contributed by atoms with E-state index in [1.54, 1.807) is 19.1 Å². The Labute approximate surface area is 148 Å². The molecular formula is C19H23NO4S. The van der Waals surface area contributed by atoms with Crippen molar-refractivity contribution < 1.29 is 18.3 Å². The lowest BCUT2D eigenvalue weighted by molar-refractivity contribution is -0.137. The van der Waals surface area contributed by atoms with Crippen molar-refractivity contribution in [2.75, 3.05) is 6.54 Å². The second-order valence-corrected chi connectivity index (χ2v) is 7.92. The smallest absolute Gasteiger partial charge is 0.304 e. The highest BCUT2D eigenvalue weighted by atomic mass is 32.2. The molecule has 0 radical (unpaired) electrons. The monoisotopic (exact) mass is 361 g/mol. The zero-order chi connectivity index (χ0) is 18.6. The SMILES string of the molecule is Cc1ccc(S(=O)(=O)NCC(CC(=O)O)c2ccccc2)c(C)c1C. The zero-order valence-electron chi connectivity index (χ0n) is 14.6. The van der Waals surface area contributed by atoms with Crippen LogP contribution in [-0.2, 0) is 14.8 Å². The van der Waals surface area contributed by atoms with Crippen molar-refractivity contribution in [2.24, 2.45) is 0 Å². The number of benzene rings is 2. The molecule has 6 heteroatoms. The van der Waals surface area contributed by atoms with Crippen molar-refractivity contribution in [1.82, 2.24) is 4.72 Å². The minimum absolute atomic E-state index is 0.0327. The van der Waals surface area contributed by atoms with Crippen molar-refractivity contribution in [3.63, 3.8) is 0 Å². The van der Waals surface area contributed by atoms with Gasteiger partial charge in [-0.2, -0.15) is 0 Å². The topological polar surface area (TPSA) is 83.5 Å². The molecule has 0 aliphatic rings. The molecule has 0 amide bonds. The molecule has 0 aromatic heterocycles. The summed E-state index contributed by atoms with van der Waals surface area (Å²) >= 11 is 0. The number of nitrogens with one attached hydrogen (secondary N) is 1. The average Bonchev–Trinajstić information content (AvgIpc) is 2.57. The highest BCUT2D eigenvalue weighted by Crippen LogP contribution is 2.23. The molecule has 0 spiro atoms. The number of hydrogen-bond acceptors (Lipinski definition) is 3. The Bertz CT molecular complexity index is 860. The summed E-state index contributed by atoms with van der Waals surface area (Å²) in [7, 11) is -3.71. The molecule has 1 unspecified atom stereocenters. The second kappa shape index (κ2) is 7.80. The van der Waals surface area contributed by atoms with E-state index < -0.39 is 21.9 Å². The van der Waals surface area contributed by atoms with Gasteiger partial charge in [0.2, 0.25) is 10.0 Å². The Balaban J connectivity index is 2.24. The molecule has 134 valence electrons. The molecule has 1 atom stereocenters. The minimum Gasteiger partial charge on any atom is -0.481 e. The molecule has 0 bridgehead atoms. The number of aliphatic carboxylic acids is 1. The van der Waals surface area contributed by atoms with E-state index in [1.807, 2.05) is 44.2 Å². The Hall–Kier alpha value is -2.18. The lowest BCUT2D eigenvalue weighted by Crippen LogP contribution is -2.30. The molecule has 0 saturated carbocycles. The fourth-order valence-electron chi connectivity index (χ4n) is 2.75. The van der Waals surface area contributed by atoms with Gasteiger partial charge >= 0.3 is 5.97 Å². The number of hydrogen-bond donors (Lipinski definition) is 2. The van der Waals surface area contributed by atoms with Gasteiger partial charge in [0, 0.05) is 12.5 Å². The van der Waals surface area contributed by atoms with E-state index in [0.29, 0.717) is 5.56 Å². The third-order valence-corrected chi connectivity index (χ3v) is 6.08. The summed E-state index contributed by atoms with van der Waals surface area (Å²) in [5.74, 6) is -1.39. The first-order valence-electron chi connectivity index (χ1n) is 8.05. The second-order valence-electron chi connectivity index (χ2n) is 6.19. The Kier molecular flexibility index (Phi) is 5.98. The minimum atomic E-state index is -3.71. The maximum atomic E-state index is 12.7. The van der Waals surface area contributed by atoms with Crippen molar-refractivity contribution in [2.45, 2.75) is 38.0 Å². The van der Waals surface area contributed by atoms with Crippen LogP contribution in [0.2, 0.25) is 0 Å². The molecule has 0 saturated heterocycles. The fourth-order valence-corrected chi connectivity index (χ4v) is 4.13. The van der Waals surface area contributed by atoms with Gasteiger partial charge in [-0.25, -0.2) is 13.1 Å². The predicted octanol–water partition coefficient (Wildman–Crippen LogP) is 3.15. The highest BCUT2D eigenvalue weighted by Gasteiger charge is 2.22. The lowest BCUT2D eigenvalue weighted by atomic mass is 9.96. The van der Waals surface area contributed by atoms with E-state index in [9.17, 15) is 13.2 Å². The third-order valence-electron chi connectivity index (χ3n) is 4.51. The van der Waals surface area contributed by atoms with Gasteiger partial charge in [0.05, 0.1) is 11.3 Å². The van der Waals surface area contributed by atoms with Gasteiger partial charge in [0.15, 0.2) is 0 Å². The summed E-state index contributed by atoms with van der Waals surface area (Å²) < 4.78 is 27.9. The van der Waals surface area contributed by atoms with E-state index in [1.165, 1.54) is 0 Å². The van der Waals surface area contributed by atoms with Crippen LogP contribution in [0.5, 0.6) is 0 Å². The molecule has 0 aliphatic carbocycles. The quantitative estimate of drug-likeness (QED) is 0.793. The van der Waals surface area contributed by atoms with Crippen LogP contribution in [0.1, 0.15) is 34.6 Å². The van der Waals surface area contributed by atoms with Crippen LogP contribution in [0.25, 0.3) is 0 Å². The van der Waals surface area contributed by atoms with Gasteiger partial charge in [-0.15, -0.1) is 0 Å². The van der Waals surface area contributed by atoms with Gasteiger partial charge in [0.25, 0.3) is 0 Å². The van der Waals surface area contributed by atoms with Crippen LogP contribution >= 0.6 is 0 Å².